The largest absolute Gasteiger partial charge is 0.340 e. The van der Waals surface area contributed by atoms with Crippen LogP contribution < -0.4 is 5.32 Å². The summed E-state index contributed by atoms with van der Waals surface area (Å²) in [5.74, 6) is 1.07. The second kappa shape index (κ2) is 8.28. The van der Waals surface area contributed by atoms with Crippen LogP contribution >= 0.6 is 0 Å². The summed E-state index contributed by atoms with van der Waals surface area (Å²) in [6, 6.07) is 17.1. The number of fused-ring (bicyclic) bond motifs is 1. The highest BCUT2D eigenvalue weighted by molar-refractivity contribution is 6.18. The molecule has 2 heterocycles. The van der Waals surface area contributed by atoms with Gasteiger partial charge in [0.25, 0.3) is 5.91 Å². The zero-order valence-corrected chi connectivity index (χ0v) is 17.1. The molecule has 0 aliphatic rings. The Balaban J connectivity index is 1.69. The van der Waals surface area contributed by atoms with Crippen LogP contribution in [0.5, 0.6) is 0 Å². The Morgan fingerprint density at radius 2 is 1.83 bits per heavy atom. The molecule has 0 fully saturated rings. The number of carbonyl (C=O) groups is 1. The van der Waals surface area contributed by atoms with Crippen LogP contribution in [-0.4, -0.2) is 36.1 Å². The number of imidazole rings is 1. The maximum absolute atomic E-state index is 13.4. The first-order valence-electron chi connectivity index (χ1n) is 9.80. The molecule has 0 spiro atoms. The highest BCUT2D eigenvalue weighted by Crippen LogP contribution is 2.23. The van der Waals surface area contributed by atoms with Gasteiger partial charge in [0.2, 0.25) is 0 Å². The number of nitrogens with one attached hydrogen (secondary N) is 2. The molecule has 2 aromatic heterocycles. The highest BCUT2D eigenvalue weighted by atomic mass is 16.2. The van der Waals surface area contributed by atoms with Gasteiger partial charge < -0.3 is 10.3 Å². The number of para-hydroxylation sites is 2. The van der Waals surface area contributed by atoms with Gasteiger partial charge in [0.15, 0.2) is 5.82 Å². The van der Waals surface area contributed by atoms with E-state index >= 15 is 0 Å². The summed E-state index contributed by atoms with van der Waals surface area (Å²) < 4.78 is 1.44. The van der Waals surface area contributed by atoms with Gasteiger partial charge in [-0.25, -0.2) is 4.98 Å². The fourth-order valence-electron chi connectivity index (χ4n) is 3.27. The first kappa shape index (κ1) is 19.5. The fraction of sp³-hybridized carbons (Fsp3) is 0.227. The molecule has 0 aliphatic carbocycles. The fourth-order valence-corrected chi connectivity index (χ4v) is 3.27. The predicted molar refractivity (Wildman–Crippen MR) is 115 cm³/mol. The van der Waals surface area contributed by atoms with Crippen molar-refractivity contribution in [1.29, 1.82) is 0 Å². The van der Waals surface area contributed by atoms with Crippen LogP contribution in [0.25, 0.3) is 22.8 Å². The molecular weight excluding hydrogens is 378 g/mol. The SMILES string of the molecule is Cc1nnnn1C(=Cc1ccccc1)C(=O)N[C@H](c1nc2ccccc2[nH]1)C(C)C. The minimum atomic E-state index is -0.305. The zero-order chi connectivity index (χ0) is 21.1. The number of aromatic nitrogens is 6. The van der Waals surface area contributed by atoms with Gasteiger partial charge >= 0.3 is 0 Å². The number of carbonyl (C=O) groups excluding carboxylic acids is 1. The van der Waals surface area contributed by atoms with Crippen molar-refractivity contribution in [3.63, 3.8) is 0 Å². The molecule has 0 saturated carbocycles. The third kappa shape index (κ3) is 3.98. The molecular formula is C22H23N7O. The Hall–Kier alpha value is -3.81. The van der Waals surface area contributed by atoms with Gasteiger partial charge in [-0.05, 0) is 47.0 Å². The smallest absolute Gasteiger partial charge is 0.270 e. The van der Waals surface area contributed by atoms with Crippen LogP contribution in [0.1, 0.15) is 37.1 Å². The number of benzene rings is 2. The lowest BCUT2D eigenvalue weighted by Crippen LogP contribution is -2.34. The van der Waals surface area contributed by atoms with E-state index in [4.69, 9.17) is 0 Å². The molecule has 4 aromatic rings. The Labute approximate surface area is 174 Å². The molecule has 2 aromatic carbocycles. The van der Waals surface area contributed by atoms with Gasteiger partial charge in [0, 0.05) is 0 Å². The number of hydrogen-bond acceptors (Lipinski definition) is 5. The van der Waals surface area contributed by atoms with Crippen LogP contribution in [0.3, 0.4) is 0 Å². The standard InChI is InChI=1S/C22H23N7O/c1-14(2)20(21-23-17-11-7-8-12-18(17)24-21)25-22(30)19(29-15(3)26-27-28-29)13-16-9-5-4-6-10-16/h4-14,20H,1-3H3,(H,23,24)(H,25,30)/t20-/m0/s1. The number of aromatic amines is 1. The summed E-state index contributed by atoms with van der Waals surface area (Å²) in [6.07, 6.45) is 1.77. The number of nitrogens with zero attached hydrogens (tertiary/aromatic N) is 5. The van der Waals surface area contributed by atoms with Gasteiger partial charge in [0.1, 0.15) is 11.5 Å². The molecule has 8 heteroatoms. The molecule has 0 aliphatic heterocycles. The van der Waals surface area contributed by atoms with Crippen molar-refractivity contribution in [2.24, 2.45) is 5.92 Å². The Kier molecular flexibility index (Phi) is 5.38. The van der Waals surface area contributed by atoms with Gasteiger partial charge in [-0.3, -0.25) is 4.79 Å². The number of hydrogen-bond donors (Lipinski definition) is 2. The Morgan fingerprint density at radius 3 is 2.50 bits per heavy atom. The van der Waals surface area contributed by atoms with Crippen molar-refractivity contribution in [1.82, 2.24) is 35.5 Å². The normalized spacial score (nSPS) is 13.0. The lowest BCUT2D eigenvalue weighted by atomic mass is 10.0. The predicted octanol–water partition coefficient (Wildman–Crippen LogP) is 3.37. The van der Waals surface area contributed by atoms with Crippen molar-refractivity contribution >= 4 is 28.7 Å². The van der Waals surface area contributed by atoms with Gasteiger partial charge in [0.05, 0.1) is 17.1 Å². The van der Waals surface area contributed by atoms with E-state index in [9.17, 15) is 4.79 Å². The first-order valence-corrected chi connectivity index (χ1v) is 9.80. The topological polar surface area (TPSA) is 101 Å². The van der Waals surface area contributed by atoms with E-state index in [0.29, 0.717) is 17.3 Å². The Morgan fingerprint density at radius 1 is 1.10 bits per heavy atom. The number of rotatable bonds is 6. The van der Waals surface area contributed by atoms with Crippen LogP contribution in [-0.2, 0) is 4.79 Å². The van der Waals surface area contributed by atoms with E-state index in [1.165, 1.54) is 4.68 Å². The van der Waals surface area contributed by atoms with Crippen molar-refractivity contribution in [2.75, 3.05) is 0 Å². The lowest BCUT2D eigenvalue weighted by molar-refractivity contribution is -0.117. The van der Waals surface area contributed by atoms with Crippen LogP contribution in [0.15, 0.2) is 54.6 Å². The summed E-state index contributed by atoms with van der Waals surface area (Å²) in [4.78, 5) is 21.4. The summed E-state index contributed by atoms with van der Waals surface area (Å²) in [5.41, 5.74) is 3.01. The van der Waals surface area contributed by atoms with E-state index in [1.807, 2.05) is 68.4 Å². The van der Waals surface area contributed by atoms with Gasteiger partial charge in [-0.1, -0.05) is 56.3 Å². The number of aryl methyl sites for hydroxylation is 1. The molecule has 0 saturated heterocycles. The molecule has 1 amide bonds. The number of amides is 1. The van der Waals surface area contributed by atoms with E-state index in [2.05, 4.69) is 30.8 Å². The molecule has 0 bridgehead atoms. The Bertz CT molecular complexity index is 1160. The van der Waals surface area contributed by atoms with Crippen LogP contribution in [0.2, 0.25) is 0 Å². The maximum Gasteiger partial charge on any atom is 0.270 e. The van der Waals surface area contributed by atoms with Gasteiger partial charge in [-0.15, -0.1) is 5.10 Å². The lowest BCUT2D eigenvalue weighted by Gasteiger charge is -2.21. The van der Waals surface area contributed by atoms with E-state index in [1.54, 1.807) is 13.0 Å². The van der Waals surface area contributed by atoms with E-state index in [-0.39, 0.29) is 17.9 Å². The second-order valence-corrected chi connectivity index (χ2v) is 7.41. The summed E-state index contributed by atoms with van der Waals surface area (Å²) >= 11 is 0. The quantitative estimate of drug-likeness (QED) is 0.482. The maximum atomic E-state index is 13.4. The molecule has 0 radical (unpaired) electrons. The average molecular weight is 401 g/mol. The molecule has 1 atom stereocenters. The van der Waals surface area contributed by atoms with E-state index in [0.717, 1.165) is 16.6 Å². The highest BCUT2D eigenvalue weighted by Gasteiger charge is 2.25. The summed E-state index contributed by atoms with van der Waals surface area (Å²) in [7, 11) is 0. The molecule has 4 rings (SSSR count). The summed E-state index contributed by atoms with van der Waals surface area (Å²) in [6.45, 7) is 5.84. The number of tetrazole rings is 1. The molecule has 152 valence electrons. The number of H-pyrrole nitrogens is 1. The molecule has 8 nitrogen and oxygen atoms in total. The zero-order valence-electron chi connectivity index (χ0n) is 17.1. The molecule has 2 N–H and O–H groups in total. The minimum absolute atomic E-state index is 0.113. The van der Waals surface area contributed by atoms with Gasteiger partial charge in [-0.2, -0.15) is 4.68 Å². The van der Waals surface area contributed by atoms with Crippen molar-refractivity contribution < 1.29 is 4.79 Å². The third-order valence-electron chi connectivity index (χ3n) is 4.84. The molecule has 0 unspecified atom stereocenters. The van der Waals surface area contributed by atoms with E-state index < -0.39 is 0 Å². The monoisotopic (exact) mass is 401 g/mol. The van der Waals surface area contributed by atoms with Crippen LogP contribution in [0, 0.1) is 12.8 Å². The molecule has 30 heavy (non-hydrogen) atoms. The minimum Gasteiger partial charge on any atom is -0.340 e. The first-order chi connectivity index (χ1) is 14.5. The second-order valence-electron chi connectivity index (χ2n) is 7.41. The summed E-state index contributed by atoms with van der Waals surface area (Å²) in [5, 5.41) is 14.7. The van der Waals surface area contributed by atoms with Crippen LogP contribution in [0.4, 0.5) is 0 Å². The average Bonchev–Trinajstić information content (AvgIpc) is 3.36. The van der Waals surface area contributed by atoms with Crippen molar-refractivity contribution in [2.45, 2.75) is 26.8 Å². The third-order valence-corrected chi connectivity index (χ3v) is 4.84. The van der Waals surface area contributed by atoms with Crippen molar-refractivity contribution in [3.05, 3.63) is 71.8 Å². The van der Waals surface area contributed by atoms with Crippen molar-refractivity contribution in [3.8, 4) is 0 Å².